The number of carbonyl (C=O) groups excluding carboxylic acids is 2. The number of carbonyl (C=O) groups is 2. The topological polar surface area (TPSA) is 109 Å². The maximum Gasteiger partial charge on any atom is 0.339 e. The fraction of sp³-hybridized carbons (Fsp3) is 0.500. The molecule has 0 bridgehead atoms. The first kappa shape index (κ1) is 20.9. The van der Waals surface area contributed by atoms with Crippen molar-refractivity contribution in [3.63, 3.8) is 0 Å². The number of benzene rings is 1. The summed E-state index contributed by atoms with van der Waals surface area (Å²) in [5.74, 6) is -0.794. The molecule has 1 aliphatic carbocycles. The van der Waals surface area contributed by atoms with Crippen LogP contribution in [0.1, 0.15) is 55.7 Å². The SMILES string of the molecule is Cc1c(O[C@@H](C)C(=O)NCCCCCC(=O)[O-])ccc2c3c(c(=O)oc12)CCC3. The van der Waals surface area contributed by atoms with Crippen LogP contribution in [0, 0.1) is 6.92 Å². The minimum absolute atomic E-state index is 0.0357. The number of hydrogen-bond donors (Lipinski definition) is 1. The highest BCUT2D eigenvalue weighted by molar-refractivity contribution is 5.86. The number of hydrogen-bond acceptors (Lipinski definition) is 6. The second-order valence-electron chi connectivity index (χ2n) is 7.50. The Morgan fingerprint density at radius 2 is 1.97 bits per heavy atom. The van der Waals surface area contributed by atoms with Gasteiger partial charge in [-0.3, -0.25) is 4.79 Å². The quantitative estimate of drug-likeness (QED) is 0.508. The molecule has 0 saturated carbocycles. The number of aryl methyl sites for hydroxylation is 2. The standard InChI is InChI=1S/C22H27NO6/c1-13-18(28-14(2)21(26)23-12-5-3-4-9-19(24)25)11-10-16-15-7-6-8-17(15)22(27)29-20(13)16/h10-11,14H,3-9,12H2,1-2H3,(H,23,26)(H,24,25)/p-1/t14-/m0/s1. The van der Waals surface area contributed by atoms with Gasteiger partial charge < -0.3 is 24.4 Å². The molecule has 0 unspecified atom stereocenters. The van der Waals surface area contributed by atoms with E-state index < -0.39 is 12.1 Å². The van der Waals surface area contributed by atoms with Gasteiger partial charge in [-0.25, -0.2) is 4.79 Å². The molecule has 29 heavy (non-hydrogen) atoms. The molecule has 0 aliphatic heterocycles. The Morgan fingerprint density at radius 3 is 2.72 bits per heavy atom. The molecule has 7 heteroatoms. The second kappa shape index (κ2) is 9.11. The molecule has 1 atom stereocenters. The summed E-state index contributed by atoms with van der Waals surface area (Å²) in [6, 6.07) is 3.71. The van der Waals surface area contributed by atoms with Crippen molar-refractivity contribution in [1.82, 2.24) is 5.32 Å². The Bertz CT molecular complexity index is 977. The summed E-state index contributed by atoms with van der Waals surface area (Å²) >= 11 is 0. The summed E-state index contributed by atoms with van der Waals surface area (Å²) < 4.78 is 11.4. The fourth-order valence-electron chi connectivity index (χ4n) is 3.76. The lowest BCUT2D eigenvalue weighted by Gasteiger charge is -2.17. The van der Waals surface area contributed by atoms with E-state index in [1.54, 1.807) is 6.92 Å². The highest BCUT2D eigenvalue weighted by Crippen LogP contribution is 2.33. The van der Waals surface area contributed by atoms with Gasteiger partial charge in [0.1, 0.15) is 11.3 Å². The highest BCUT2D eigenvalue weighted by Gasteiger charge is 2.22. The zero-order valence-corrected chi connectivity index (χ0v) is 16.8. The number of carboxylic acids is 1. The zero-order chi connectivity index (χ0) is 21.0. The summed E-state index contributed by atoms with van der Waals surface area (Å²) in [7, 11) is 0. The molecule has 3 rings (SSSR count). The predicted octanol–water partition coefficient (Wildman–Crippen LogP) is 1.78. The van der Waals surface area contributed by atoms with Gasteiger partial charge in [0.2, 0.25) is 0 Å². The summed E-state index contributed by atoms with van der Waals surface area (Å²) in [5, 5.41) is 14.1. The minimum atomic E-state index is -1.05. The average Bonchev–Trinajstić information content (AvgIpc) is 3.17. The third-order valence-corrected chi connectivity index (χ3v) is 5.37. The molecule has 1 aliphatic rings. The van der Waals surface area contributed by atoms with Crippen molar-refractivity contribution in [1.29, 1.82) is 0 Å². The Kier molecular flexibility index (Phi) is 6.56. The van der Waals surface area contributed by atoms with E-state index in [9.17, 15) is 19.5 Å². The molecule has 7 nitrogen and oxygen atoms in total. The highest BCUT2D eigenvalue weighted by atomic mass is 16.5. The van der Waals surface area contributed by atoms with Gasteiger partial charge in [-0.15, -0.1) is 0 Å². The van der Waals surface area contributed by atoms with E-state index >= 15 is 0 Å². The van der Waals surface area contributed by atoms with Gasteiger partial charge in [-0.1, -0.05) is 6.42 Å². The van der Waals surface area contributed by atoms with Gasteiger partial charge in [0.15, 0.2) is 6.10 Å². The number of rotatable bonds is 9. The normalized spacial score (nSPS) is 13.9. The van der Waals surface area contributed by atoms with Crippen LogP contribution in [0.3, 0.4) is 0 Å². The van der Waals surface area contributed by atoms with E-state index in [0.29, 0.717) is 42.7 Å². The number of unbranched alkanes of at least 4 members (excludes halogenated alkanes) is 2. The van der Waals surface area contributed by atoms with Crippen LogP contribution >= 0.6 is 0 Å². The summed E-state index contributed by atoms with van der Waals surface area (Å²) in [4.78, 5) is 34.9. The van der Waals surface area contributed by atoms with E-state index in [4.69, 9.17) is 9.15 Å². The molecule has 1 amide bonds. The first-order chi connectivity index (χ1) is 13.9. The van der Waals surface area contributed by atoms with Crippen molar-refractivity contribution in [2.75, 3.05) is 6.54 Å². The minimum Gasteiger partial charge on any atom is -0.550 e. The first-order valence-corrected chi connectivity index (χ1v) is 10.1. The van der Waals surface area contributed by atoms with Gasteiger partial charge in [-0.2, -0.15) is 0 Å². The maximum atomic E-state index is 12.3. The molecule has 1 heterocycles. The molecule has 0 radical (unpaired) electrons. The van der Waals surface area contributed by atoms with Gasteiger partial charge in [0.05, 0.1) is 0 Å². The number of fused-ring (bicyclic) bond motifs is 3. The first-order valence-electron chi connectivity index (χ1n) is 10.1. The Hall–Kier alpha value is -2.83. The summed E-state index contributed by atoms with van der Waals surface area (Å²) in [5.41, 5.74) is 2.79. The molecule has 156 valence electrons. The number of amides is 1. The van der Waals surface area contributed by atoms with Crippen LogP contribution in [0.15, 0.2) is 21.3 Å². The average molecular weight is 400 g/mol. The van der Waals surface area contributed by atoms with Gasteiger partial charge in [-0.05, 0) is 70.1 Å². The summed E-state index contributed by atoms with van der Waals surface area (Å²) in [6.07, 6.45) is 3.85. The smallest absolute Gasteiger partial charge is 0.339 e. The molecule has 1 aromatic carbocycles. The zero-order valence-electron chi connectivity index (χ0n) is 16.8. The third-order valence-electron chi connectivity index (χ3n) is 5.37. The van der Waals surface area contributed by atoms with Crippen LogP contribution in [0.2, 0.25) is 0 Å². The number of aliphatic carboxylic acids is 1. The molecule has 1 N–H and O–H groups in total. The molecule has 0 spiro atoms. The third kappa shape index (κ3) is 4.78. The number of nitrogens with one attached hydrogen (secondary N) is 1. The Labute approximate surface area is 169 Å². The van der Waals surface area contributed by atoms with Crippen LogP contribution in [0.5, 0.6) is 5.75 Å². The largest absolute Gasteiger partial charge is 0.550 e. The van der Waals surface area contributed by atoms with E-state index in [-0.39, 0.29) is 18.0 Å². The monoisotopic (exact) mass is 400 g/mol. The lowest BCUT2D eigenvalue weighted by Crippen LogP contribution is -2.37. The van der Waals surface area contributed by atoms with Crippen LogP contribution in [-0.2, 0) is 22.4 Å². The van der Waals surface area contributed by atoms with E-state index in [1.165, 1.54) is 0 Å². The van der Waals surface area contributed by atoms with Crippen LogP contribution in [0.25, 0.3) is 11.0 Å². The molecular weight excluding hydrogens is 374 g/mol. The lowest BCUT2D eigenvalue weighted by molar-refractivity contribution is -0.305. The van der Waals surface area contributed by atoms with Crippen molar-refractivity contribution in [3.8, 4) is 5.75 Å². The van der Waals surface area contributed by atoms with E-state index in [2.05, 4.69) is 5.32 Å². The molecule has 2 aromatic rings. The predicted molar refractivity (Wildman–Crippen MR) is 106 cm³/mol. The second-order valence-corrected chi connectivity index (χ2v) is 7.50. The summed E-state index contributed by atoms with van der Waals surface area (Å²) in [6.45, 7) is 3.94. The van der Waals surface area contributed by atoms with E-state index in [1.807, 2.05) is 19.1 Å². The van der Waals surface area contributed by atoms with Crippen molar-refractivity contribution in [3.05, 3.63) is 39.2 Å². The maximum absolute atomic E-state index is 12.3. The van der Waals surface area contributed by atoms with Crippen molar-refractivity contribution < 1.29 is 23.8 Å². The molecule has 0 saturated heterocycles. The van der Waals surface area contributed by atoms with Gasteiger partial charge >= 0.3 is 5.63 Å². The van der Waals surface area contributed by atoms with Crippen molar-refractivity contribution in [2.45, 2.75) is 64.9 Å². The van der Waals surface area contributed by atoms with Crippen LogP contribution in [-0.4, -0.2) is 24.5 Å². The fourth-order valence-corrected chi connectivity index (χ4v) is 3.76. The molecule has 0 fully saturated rings. The number of ether oxygens (including phenoxy) is 1. The Balaban J connectivity index is 1.62. The van der Waals surface area contributed by atoms with Gasteiger partial charge in [0.25, 0.3) is 5.91 Å². The molecular formula is C22H26NO6-. The van der Waals surface area contributed by atoms with Crippen molar-refractivity contribution >= 4 is 22.8 Å². The van der Waals surface area contributed by atoms with Crippen molar-refractivity contribution in [2.24, 2.45) is 0 Å². The van der Waals surface area contributed by atoms with Crippen LogP contribution in [0.4, 0.5) is 0 Å². The van der Waals surface area contributed by atoms with E-state index in [0.717, 1.165) is 35.8 Å². The van der Waals surface area contributed by atoms with Gasteiger partial charge in [0, 0.05) is 29.0 Å². The Morgan fingerprint density at radius 1 is 1.21 bits per heavy atom. The molecule has 1 aromatic heterocycles. The number of carboxylic acid groups (broad SMARTS) is 1. The lowest BCUT2D eigenvalue weighted by atomic mass is 10.0. The van der Waals surface area contributed by atoms with Crippen LogP contribution < -0.4 is 20.8 Å².